The van der Waals surface area contributed by atoms with Crippen LogP contribution in [0.5, 0.6) is 11.5 Å². The first kappa shape index (κ1) is 17.8. The van der Waals surface area contributed by atoms with Crippen molar-refractivity contribution in [2.45, 2.75) is 6.92 Å². The maximum absolute atomic E-state index is 12.6. The Kier molecular flexibility index (Phi) is 5.09. The topological polar surface area (TPSA) is 78.3 Å². The first-order chi connectivity index (χ1) is 12.5. The Balaban J connectivity index is 1.84. The molecule has 7 nitrogen and oxygen atoms in total. The van der Waals surface area contributed by atoms with Gasteiger partial charge in [-0.1, -0.05) is 16.8 Å². The molecule has 0 atom stereocenters. The highest BCUT2D eigenvalue weighted by molar-refractivity contribution is 6.30. The molecule has 2 aromatic carbocycles. The van der Waals surface area contributed by atoms with Gasteiger partial charge in [-0.05, 0) is 43.3 Å². The van der Waals surface area contributed by atoms with Gasteiger partial charge in [0.05, 0.1) is 25.6 Å². The molecular weight excluding hydrogens is 356 g/mol. The number of nitrogens with one attached hydrogen (secondary N) is 1. The number of halogens is 1. The highest BCUT2D eigenvalue weighted by atomic mass is 35.5. The van der Waals surface area contributed by atoms with Crippen LogP contribution in [0.25, 0.3) is 5.69 Å². The first-order valence-electron chi connectivity index (χ1n) is 7.75. The Morgan fingerprint density at radius 3 is 2.42 bits per heavy atom. The van der Waals surface area contributed by atoms with E-state index in [9.17, 15) is 4.79 Å². The molecule has 1 amide bonds. The lowest BCUT2D eigenvalue weighted by atomic mass is 10.2. The van der Waals surface area contributed by atoms with Crippen molar-refractivity contribution in [3.05, 3.63) is 58.9 Å². The van der Waals surface area contributed by atoms with Crippen molar-refractivity contribution >= 4 is 23.2 Å². The summed E-state index contributed by atoms with van der Waals surface area (Å²) in [5, 5.41) is 11.5. The Morgan fingerprint density at radius 1 is 1.08 bits per heavy atom. The van der Waals surface area contributed by atoms with Crippen molar-refractivity contribution in [2.24, 2.45) is 0 Å². The van der Waals surface area contributed by atoms with Crippen LogP contribution in [0.1, 0.15) is 16.2 Å². The van der Waals surface area contributed by atoms with Crippen LogP contribution in [-0.2, 0) is 0 Å². The largest absolute Gasteiger partial charge is 0.493 e. The minimum Gasteiger partial charge on any atom is -0.493 e. The van der Waals surface area contributed by atoms with Gasteiger partial charge in [-0.15, -0.1) is 5.10 Å². The number of carbonyl (C=O) groups excluding carboxylic acids is 1. The summed E-state index contributed by atoms with van der Waals surface area (Å²) in [6.45, 7) is 1.78. The van der Waals surface area contributed by atoms with Crippen molar-refractivity contribution < 1.29 is 14.3 Å². The standard InChI is InChI=1S/C18H17ClN4O3/c1-11-17(21-22-23(11)14-7-4-12(19)5-8-14)18(24)20-13-6-9-15(25-2)16(10-13)26-3/h4-10H,1-3H3,(H,20,24). The van der Waals surface area contributed by atoms with E-state index in [1.54, 1.807) is 61.2 Å². The van der Waals surface area contributed by atoms with Gasteiger partial charge in [0.1, 0.15) is 0 Å². The lowest BCUT2D eigenvalue weighted by Gasteiger charge is -2.10. The van der Waals surface area contributed by atoms with Crippen molar-refractivity contribution in [1.29, 1.82) is 0 Å². The molecule has 0 saturated carbocycles. The van der Waals surface area contributed by atoms with E-state index in [1.807, 2.05) is 0 Å². The van der Waals surface area contributed by atoms with E-state index < -0.39 is 0 Å². The SMILES string of the molecule is COc1ccc(NC(=O)c2nnn(-c3ccc(Cl)cc3)c2C)cc1OC. The van der Waals surface area contributed by atoms with Crippen LogP contribution in [0.2, 0.25) is 5.02 Å². The molecule has 0 radical (unpaired) electrons. The molecule has 8 heteroatoms. The van der Waals surface area contributed by atoms with E-state index in [-0.39, 0.29) is 11.6 Å². The summed E-state index contributed by atoms with van der Waals surface area (Å²) in [5.74, 6) is 0.733. The van der Waals surface area contributed by atoms with Crippen molar-refractivity contribution in [3.63, 3.8) is 0 Å². The van der Waals surface area contributed by atoms with E-state index in [1.165, 1.54) is 7.11 Å². The number of benzene rings is 2. The van der Waals surface area contributed by atoms with Gasteiger partial charge in [-0.2, -0.15) is 0 Å². The lowest BCUT2D eigenvalue weighted by Crippen LogP contribution is -2.14. The Morgan fingerprint density at radius 2 is 1.77 bits per heavy atom. The van der Waals surface area contributed by atoms with Gasteiger partial charge < -0.3 is 14.8 Å². The second-order valence-electron chi connectivity index (χ2n) is 5.44. The van der Waals surface area contributed by atoms with Gasteiger partial charge in [-0.25, -0.2) is 4.68 Å². The molecular formula is C18H17ClN4O3. The maximum Gasteiger partial charge on any atom is 0.278 e. The fourth-order valence-electron chi connectivity index (χ4n) is 2.47. The second-order valence-corrected chi connectivity index (χ2v) is 5.87. The van der Waals surface area contributed by atoms with Crippen LogP contribution >= 0.6 is 11.6 Å². The van der Waals surface area contributed by atoms with Crippen molar-refractivity contribution in [2.75, 3.05) is 19.5 Å². The first-order valence-corrected chi connectivity index (χ1v) is 8.13. The minimum absolute atomic E-state index is 0.231. The predicted molar refractivity (Wildman–Crippen MR) is 98.6 cm³/mol. The van der Waals surface area contributed by atoms with E-state index in [4.69, 9.17) is 21.1 Å². The lowest BCUT2D eigenvalue weighted by molar-refractivity contribution is 0.102. The fourth-order valence-corrected chi connectivity index (χ4v) is 2.60. The number of rotatable bonds is 5. The number of hydrogen-bond acceptors (Lipinski definition) is 5. The van der Waals surface area contributed by atoms with E-state index in [0.29, 0.717) is 27.9 Å². The molecule has 0 aliphatic heterocycles. The van der Waals surface area contributed by atoms with Crippen LogP contribution in [0, 0.1) is 6.92 Å². The van der Waals surface area contributed by atoms with E-state index in [0.717, 1.165) is 5.69 Å². The Labute approximate surface area is 155 Å². The molecule has 3 aromatic rings. The molecule has 1 aromatic heterocycles. The summed E-state index contributed by atoms with van der Waals surface area (Å²) in [7, 11) is 3.08. The van der Waals surface area contributed by atoms with E-state index in [2.05, 4.69) is 15.6 Å². The zero-order valence-corrected chi connectivity index (χ0v) is 15.2. The normalized spacial score (nSPS) is 10.5. The molecule has 0 aliphatic rings. The van der Waals surface area contributed by atoms with Gasteiger partial charge in [0.2, 0.25) is 0 Å². The monoisotopic (exact) mass is 372 g/mol. The van der Waals surface area contributed by atoms with Gasteiger partial charge in [0.25, 0.3) is 5.91 Å². The number of nitrogens with zero attached hydrogens (tertiary/aromatic N) is 3. The van der Waals surface area contributed by atoms with Crippen LogP contribution in [0.4, 0.5) is 5.69 Å². The maximum atomic E-state index is 12.6. The van der Waals surface area contributed by atoms with Crippen LogP contribution < -0.4 is 14.8 Å². The molecule has 26 heavy (non-hydrogen) atoms. The second kappa shape index (κ2) is 7.45. The predicted octanol–water partition coefficient (Wildman–Crippen LogP) is 3.50. The number of amides is 1. The average Bonchev–Trinajstić information content (AvgIpc) is 3.03. The Bertz CT molecular complexity index is 938. The molecule has 0 saturated heterocycles. The summed E-state index contributed by atoms with van der Waals surface area (Å²) in [6.07, 6.45) is 0. The molecule has 0 fully saturated rings. The number of hydrogen-bond donors (Lipinski definition) is 1. The highest BCUT2D eigenvalue weighted by Gasteiger charge is 2.18. The number of methoxy groups -OCH3 is 2. The zero-order chi connectivity index (χ0) is 18.7. The molecule has 1 N–H and O–H groups in total. The average molecular weight is 373 g/mol. The summed E-state index contributed by atoms with van der Waals surface area (Å²) >= 11 is 5.90. The summed E-state index contributed by atoms with van der Waals surface area (Å²) in [4.78, 5) is 12.6. The van der Waals surface area contributed by atoms with Gasteiger partial charge in [-0.3, -0.25) is 4.79 Å². The smallest absolute Gasteiger partial charge is 0.278 e. The van der Waals surface area contributed by atoms with Crippen molar-refractivity contribution in [1.82, 2.24) is 15.0 Å². The fraction of sp³-hybridized carbons (Fsp3) is 0.167. The third-order valence-corrected chi connectivity index (χ3v) is 4.07. The third kappa shape index (κ3) is 3.48. The summed E-state index contributed by atoms with van der Waals surface area (Å²) < 4.78 is 12.0. The molecule has 1 heterocycles. The van der Waals surface area contributed by atoms with Gasteiger partial charge >= 0.3 is 0 Å². The molecule has 0 spiro atoms. The van der Waals surface area contributed by atoms with Crippen LogP contribution in [0.3, 0.4) is 0 Å². The quantitative estimate of drug-likeness (QED) is 0.741. The summed E-state index contributed by atoms with van der Waals surface area (Å²) in [5.41, 5.74) is 2.18. The third-order valence-electron chi connectivity index (χ3n) is 3.82. The van der Waals surface area contributed by atoms with Crippen LogP contribution in [-0.4, -0.2) is 35.1 Å². The Hall–Kier alpha value is -3.06. The van der Waals surface area contributed by atoms with Crippen LogP contribution in [0.15, 0.2) is 42.5 Å². The molecule has 134 valence electrons. The number of ether oxygens (including phenoxy) is 2. The summed E-state index contributed by atoms with van der Waals surface area (Å²) in [6, 6.07) is 12.2. The molecule has 0 aliphatic carbocycles. The van der Waals surface area contributed by atoms with Gasteiger partial charge in [0, 0.05) is 16.8 Å². The highest BCUT2D eigenvalue weighted by Crippen LogP contribution is 2.30. The molecule has 3 rings (SSSR count). The van der Waals surface area contributed by atoms with Crippen molar-refractivity contribution in [3.8, 4) is 17.2 Å². The van der Waals surface area contributed by atoms with E-state index >= 15 is 0 Å². The number of aromatic nitrogens is 3. The number of carbonyl (C=O) groups is 1. The zero-order valence-electron chi connectivity index (χ0n) is 14.5. The minimum atomic E-state index is -0.366. The molecule has 0 bridgehead atoms. The van der Waals surface area contributed by atoms with Gasteiger partial charge in [0.15, 0.2) is 17.2 Å². The molecule has 0 unspecified atom stereocenters. The number of anilines is 1.